The zero-order chi connectivity index (χ0) is 18.4. The first-order valence-electron chi connectivity index (χ1n) is 7.15. The lowest BCUT2D eigenvalue weighted by Gasteiger charge is -2.06. The fraction of sp³-hybridized carbons (Fsp3) is 0.0556. The number of carbonyl (C=O) groups is 2. The van der Waals surface area contributed by atoms with Crippen molar-refractivity contribution in [3.05, 3.63) is 71.4 Å². The van der Waals surface area contributed by atoms with Crippen LogP contribution < -0.4 is 10.6 Å². The van der Waals surface area contributed by atoms with Crippen LogP contribution in [0.1, 0.15) is 17.3 Å². The summed E-state index contributed by atoms with van der Waals surface area (Å²) >= 11 is 0. The number of amides is 1. The van der Waals surface area contributed by atoms with Crippen LogP contribution in [0.15, 0.2) is 54.2 Å². The highest BCUT2D eigenvalue weighted by Crippen LogP contribution is 2.16. The molecule has 0 atom stereocenters. The third kappa shape index (κ3) is 4.72. The highest BCUT2D eigenvalue weighted by atomic mass is 19.1. The zero-order valence-electron chi connectivity index (χ0n) is 13.1. The summed E-state index contributed by atoms with van der Waals surface area (Å²) in [6.07, 6.45) is 0.983. The lowest BCUT2D eigenvalue weighted by molar-refractivity contribution is -0.112. The molecule has 0 aromatic heterocycles. The number of nitrogens with zero attached hydrogens (tertiary/aromatic N) is 1. The van der Waals surface area contributed by atoms with Crippen molar-refractivity contribution >= 4 is 23.1 Å². The fourth-order valence-electron chi connectivity index (χ4n) is 1.89. The van der Waals surface area contributed by atoms with E-state index in [1.807, 2.05) is 0 Å². The van der Waals surface area contributed by atoms with Gasteiger partial charge in [-0.1, -0.05) is 0 Å². The molecule has 0 fully saturated rings. The van der Waals surface area contributed by atoms with Crippen LogP contribution in [0.3, 0.4) is 0 Å². The Hall–Kier alpha value is -3.53. The molecule has 5 nitrogen and oxygen atoms in total. The minimum Gasteiger partial charge on any atom is -0.358 e. The molecule has 2 N–H and O–H groups in total. The van der Waals surface area contributed by atoms with Gasteiger partial charge in [0, 0.05) is 23.5 Å². The molecule has 0 saturated heterocycles. The molecule has 1 amide bonds. The van der Waals surface area contributed by atoms with E-state index < -0.39 is 17.5 Å². The van der Waals surface area contributed by atoms with Crippen LogP contribution in [0, 0.1) is 23.0 Å². The van der Waals surface area contributed by atoms with Gasteiger partial charge < -0.3 is 10.6 Å². The minimum absolute atomic E-state index is 0.114. The summed E-state index contributed by atoms with van der Waals surface area (Å²) in [5.74, 6) is -2.24. The summed E-state index contributed by atoms with van der Waals surface area (Å²) in [4.78, 5) is 23.3. The van der Waals surface area contributed by atoms with Gasteiger partial charge in [0.15, 0.2) is 5.78 Å². The summed E-state index contributed by atoms with van der Waals surface area (Å²) < 4.78 is 26.6. The molecule has 2 rings (SSSR count). The van der Waals surface area contributed by atoms with E-state index in [2.05, 4.69) is 10.6 Å². The van der Waals surface area contributed by atoms with Gasteiger partial charge in [-0.2, -0.15) is 5.26 Å². The van der Waals surface area contributed by atoms with E-state index in [0.717, 1.165) is 24.4 Å². The molecule has 126 valence electrons. The van der Waals surface area contributed by atoms with Gasteiger partial charge in [-0.3, -0.25) is 9.59 Å². The number of Topliss-reactive ketones (excluding diaryl/α,β-unsaturated/α-hetero) is 1. The molecule has 0 bridgehead atoms. The fourth-order valence-corrected chi connectivity index (χ4v) is 1.89. The molecule has 0 aliphatic rings. The Labute approximate surface area is 142 Å². The Bertz CT molecular complexity index is 884. The number of rotatable bonds is 5. The van der Waals surface area contributed by atoms with Crippen LogP contribution in [0.4, 0.5) is 20.2 Å². The largest absolute Gasteiger partial charge is 0.358 e. The van der Waals surface area contributed by atoms with Gasteiger partial charge in [0.2, 0.25) is 0 Å². The number of ketones is 1. The summed E-state index contributed by atoms with van der Waals surface area (Å²) in [6.45, 7) is 1.42. The SMILES string of the molecule is CC(=O)c1ccc(NC(=O)/C(C#N)=C\Nc2cc(F)ccc2F)cc1. The van der Waals surface area contributed by atoms with E-state index in [-0.39, 0.29) is 17.0 Å². The normalized spacial score (nSPS) is 10.7. The second-order valence-electron chi connectivity index (χ2n) is 5.03. The predicted molar refractivity (Wildman–Crippen MR) is 88.8 cm³/mol. The van der Waals surface area contributed by atoms with Gasteiger partial charge in [0.1, 0.15) is 23.3 Å². The molecular weight excluding hydrogens is 328 g/mol. The minimum atomic E-state index is -0.734. The van der Waals surface area contributed by atoms with Crippen molar-refractivity contribution in [3.63, 3.8) is 0 Å². The maximum absolute atomic E-state index is 13.5. The number of anilines is 2. The van der Waals surface area contributed by atoms with Gasteiger partial charge in [-0.25, -0.2) is 8.78 Å². The van der Waals surface area contributed by atoms with E-state index >= 15 is 0 Å². The van der Waals surface area contributed by atoms with E-state index in [0.29, 0.717) is 11.3 Å². The number of hydrogen-bond donors (Lipinski definition) is 2. The Balaban J connectivity index is 2.11. The monoisotopic (exact) mass is 341 g/mol. The lowest BCUT2D eigenvalue weighted by atomic mass is 10.1. The topological polar surface area (TPSA) is 82.0 Å². The average Bonchev–Trinajstić information content (AvgIpc) is 2.58. The van der Waals surface area contributed by atoms with E-state index in [1.165, 1.54) is 31.2 Å². The maximum atomic E-state index is 13.5. The van der Waals surface area contributed by atoms with Crippen molar-refractivity contribution in [2.45, 2.75) is 6.92 Å². The number of benzene rings is 2. The Kier molecular flexibility index (Phi) is 5.58. The van der Waals surface area contributed by atoms with Gasteiger partial charge in [0.05, 0.1) is 5.69 Å². The van der Waals surface area contributed by atoms with Crippen LogP contribution in [0.5, 0.6) is 0 Å². The summed E-state index contributed by atoms with van der Waals surface area (Å²) in [6, 6.07) is 10.6. The Morgan fingerprint density at radius 3 is 2.40 bits per heavy atom. The van der Waals surface area contributed by atoms with Crippen molar-refractivity contribution in [2.75, 3.05) is 10.6 Å². The van der Waals surface area contributed by atoms with Crippen molar-refractivity contribution in [2.24, 2.45) is 0 Å². The van der Waals surface area contributed by atoms with Gasteiger partial charge in [-0.15, -0.1) is 0 Å². The lowest BCUT2D eigenvalue weighted by Crippen LogP contribution is -2.14. The summed E-state index contributed by atoms with van der Waals surface area (Å²) in [7, 11) is 0. The van der Waals surface area contributed by atoms with E-state index in [1.54, 1.807) is 6.07 Å². The molecule has 7 heteroatoms. The third-order valence-electron chi connectivity index (χ3n) is 3.21. The highest BCUT2D eigenvalue weighted by molar-refractivity contribution is 6.07. The first-order valence-corrected chi connectivity index (χ1v) is 7.15. The Morgan fingerprint density at radius 1 is 1.12 bits per heavy atom. The number of halogens is 2. The first-order chi connectivity index (χ1) is 11.9. The molecular formula is C18H13F2N3O2. The first kappa shape index (κ1) is 17.8. The molecule has 0 radical (unpaired) electrons. The van der Waals surface area contributed by atoms with Gasteiger partial charge in [-0.05, 0) is 43.3 Å². The van der Waals surface area contributed by atoms with Crippen LogP contribution in [-0.4, -0.2) is 11.7 Å². The van der Waals surface area contributed by atoms with Crippen LogP contribution in [0.25, 0.3) is 0 Å². The average molecular weight is 341 g/mol. The number of hydrogen-bond acceptors (Lipinski definition) is 4. The number of nitriles is 1. The quantitative estimate of drug-likeness (QED) is 0.494. The zero-order valence-corrected chi connectivity index (χ0v) is 13.1. The molecule has 25 heavy (non-hydrogen) atoms. The van der Waals surface area contributed by atoms with E-state index in [4.69, 9.17) is 5.26 Å². The van der Waals surface area contributed by atoms with Crippen LogP contribution in [0.2, 0.25) is 0 Å². The third-order valence-corrected chi connectivity index (χ3v) is 3.21. The molecule has 2 aromatic carbocycles. The van der Waals surface area contributed by atoms with Gasteiger partial charge in [0.25, 0.3) is 5.91 Å². The van der Waals surface area contributed by atoms with Crippen LogP contribution >= 0.6 is 0 Å². The molecule has 0 aliphatic heterocycles. The van der Waals surface area contributed by atoms with Gasteiger partial charge >= 0.3 is 0 Å². The Morgan fingerprint density at radius 2 is 1.80 bits per heavy atom. The summed E-state index contributed by atoms with van der Waals surface area (Å²) in [5, 5.41) is 13.9. The molecule has 0 unspecified atom stereocenters. The number of nitrogens with one attached hydrogen (secondary N) is 2. The highest BCUT2D eigenvalue weighted by Gasteiger charge is 2.10. The van der Waals surface area contributed by atoms with E-state index in [9.17, 15) is 18.4 Å². The maximum Gasteiger partial charge on any atom is 0.267 e. The van der Waals surface area contributed by atoms with Crippen molar-refractivity contribution in [3.8, 4) is 6.07 Å². The number of carbonyl (C=O) groups excluding carboxylic acids is 2. The molecule has 0 aliphatic carbocycles. The smallest absolute Gasteiger partial charge is 0.267 e. The molecule has 0 spiro atoms. The van der Waals surface area contributed by atoms with Crippen molar-refractivity contribution in [1.82, 2.24) is 0 Å². The molecule has 2 aromatic rings. The molecule has 0 heterocycles. The predicted octanol–water partition coefficient (Wildman–Crippen LogP) is 3.63. The standard InChI is InChI=1S/C18H13F2N3O2/c1-11(24)12-2-5-15(6-3-12)23-18(25)13(9-21)10-22-17-8-14(19)4-7-16(17)20/h2-8,10,22H,1H3,(H,23,25)/b13-10-. The molecule has 0 saturated carbocycles. The summed E-state index contributed by atoms with van der Waals surface area (Å²) in [5.41, 5.74) is 0.330. The second-order valence-corrected chi connectivity index (χ2v) is 5.03. The van der Waals surface area contributed by atoms with Crippen molar-refractivity contribution < 1.29 is 18.4 Å². The van der Waals surface area contributed by atoms with Crippen molar-refractivity contribution in [1.29, 1.82) is 5.26 Å². The second kappa shape index (κ2) is 7.84. The van der Waals surface area contributed by atoms with Crippen LogP contribution in [-0.2, 0) is 4.79 Å².